The van der Waals surface area contributed by atoms with Crippen LogP contribution in [0, 0.1) is 0 Å². The van der Waals surface area contributed by atoms with Crippen LogP contribution in [-0.4, -0.2) is 0 Å². The summed E-state index contributed by atoms with van der Waals surface area (Å²) in [6.07, 6.45) is -4.42. The van der Waals surface area contributed by atoms with Gasteiger partial charge in [-0.25, -0.2) is 0 Å². The lowest BCUT2D eigenvalue weighted by molar-refractivity contribution is -0.139. The average molecular weight is 294 g/mol. The lowest BCUT2D eigenvalue weighted by Crippen LogP contribution is -2.09. The van der Waals surface area contributed by atoms with Gasteiger partial charge in [0.1, 0.15) is 12.4 Å². The smallest absolute Gasteiger partial charge is 0.419 e. The van der Waals surface area contributed by atoms with Crippen LogP contribution in [0.2, 0.25) is 0 Å². The molecule has 0 bridgehead atoms. The third kappa shape index (κ3) is 4.00. The summed E-state index contributed by atoms with van der Waals surface area (Å²) in [5, 5.41) is 0. The van der Waals surface area contributed by atoms with Crippen LogP contribution in [0.5, 0.6) is 5.75 Å². The molecule has 0 unspecified atom stereocenters. The van der Waals surface area contributed by atoms with Crippen molar-refractivity contribution in [3.05, 3.63) is 65.2 Å². The third-order valence-electron chi connectivity index (χ3n) is 3.21. The van der Waals surface area contributed by atoms with Gasteiger partial charge in [0.25, 0.3) is 0 Å². The molecule has 2 aromatic rings. The van der Waals surface area contributed by atoms with E-state index in [1.54, 1.807) is 0 Å². The molecule has 0 fully saturated rings. The van der Waals surface area contributed by atoms with Crippen LogP contribution in [0.25, 0.3) is 0 Å². The highest BCUT2D eigenvalue weighted by Gasteiger charge is 2.34. The molecule has 4 heteroatoms. The minimum atomic E-state index is -4.42. The normalized spacial score (nSPS) is 11.7. The van der Waals surface area contributed by atoms with Gasteiger partial charge in [0, 0.05) is 0 Å². The van der Waals surface area contributed by atoms with Crippen molar-refractivity contribution in [1.29, 1.82) is 0 Å². The molecule has 2 aromatic carbocycles. The molecule has 0 radical (unpaired) electrons. The molecule has 112 valence electrons. The molecular weight excluding hydrogens is 277 g/mol. The summed E-state index contributed by atoms with van der Waals surface area (Å²) >= 11 is 0. The largest absolute Gasteiger partial charge is 0.488 e. The Morgan fingerprint density at radius 1 is 1.00 bits per heavy atom. The second kappa shape index (κ2) is 6.20. The topological polar surface area (TPSA) is 9.23 Å². The van der Waals surface area contributed by atoms with E-state index in [9.17, 15) is 13.2 Å². The first-order valence-electron chi connectivity index (χ1n) is 6.76. The molecule has 0 aliphatic carbocycles. The fourth-order valence-electron chi connectivity index (χ4n) is 1.99. The highest BCUT2D eigenvalue weighted by atomic mass is 19.4. The molecule has 0 N–H and O–H groups in total. The van der Waals surface area contributed by atoms with Crippen molar-refractivity contribution in [3.63, 3.8) is 0 Å². The second-order valence-corrected chi connectivity index (χ2v) is 5.18. The van der Waals surface area contributed by atoms with Crippen LogP contribution in [0.3, 0.4) is 0 Å². The van der Waals surface area contributed by atoms with Gasteiger partial charge >= 0.3 is 6.18 Å². The Labute approximate surface area is 122 Å². The summed E-state index contributed by atoms with van der Waals surface area (Å²) in [7, 11) is 0. The molecular formula is C17H17F3O. The third-order valence-corrected chi connectivity index (χ3v) is 3.21. The van der Waals surface area contributed by atoms with Gasteiger partial charge in [-0.05, 0) is 29.2 Å². The van der Waals surface area contributed by atoms with Gasteiger partial charge in [-0.2, -0.15) is 13.2 Å². The van der Waals surface area contributed by atoms with Crippen molar-refractivity contribution in [2.75, 3.05) is 0 Å². The lowest BCUT2D eigenvalue weighted by Gasteiger charge is -2.16. The van der Waals surface area contributed by atoms with Gasteiger partial charge in [-0.15, -0.1) is 0 Å². The number of rotatable bonds is 4. The monoisotopic (exact) mass is 294 g/mol. The van der Waals surface area contributed by atoms with Gasteiger partial charge in [0.15, 0.2) is 0 Å². The minimum Gasteiger partial charge on any atom is -0.488 e. The Hall–Kier alpha value is -1.97. The van der Waals surface area contributed by atoms with Gasteiger partial charge in [0.05, 0.1) is 5.56 Å². The van der Waals surface area contributed by atoms with E-state index >= 15 is 0 Å². The number of hydrogen-bond donors (Lipinski definition) is 0. The zero-order valence-electron chi connectivity index (χ0n) is 11.9. The van der Waals surface area contributed by atoms with E-state index in [4.69, 9.17) is 4.74 Å². The van der Waals surface area contributed by atoms with Gasteiger partial charge in [-0.3, -0.25) is 0 Å². The van der Waals surface area contributed by atoms with Crippen LogP contribution in [0.4, 0.5) is 13.2 Å². The number of benzene rings is 2. The van der Waals surface area contributed by atoms with Crippen molar-refractivity contribution in [2.24, 2.45) is 0 Å². The summed E-state index contributed by atoms with van der Waals surface area (Å²) < 4.78 is 44.5. The quantitative estimate of drug-likeness (QED) is 0.732. The summed E-state index contributed by atoms with van der Waals surface area (Å²) in [6.45, 7) is 3.98. The number of hydrogen-bond acceptors (Lipinski definition) is 1. The Bertz CT molecular complexity index is 589. The molecule has 0 saturated heterocycles. The molecule has 0 aliphatic heterocycles. The van der Waals surface area contributed by atoms with Crippen LogP contribution >= 0.6 is 0 Å². The van der Waals surface area contributed by atoms with E-state index in [-0.39, 0.29) is 18.3 Å². The fraction of sp³-hybridized carbons (Fsp3) is 0.294. The highest BCUT2D eigenvalue weighted by molar-refractivity contribution is 5.40. The predicted octanol–water partition coefficient (Wildman–Crippen LogP) is 5.41. The van der Waals surface area contributed by atoms with E-state index < -0.39 is 11.7 Å². The Morgan fingerprint density at radius 2 is 1.67 bits per heavy atom. The van der Waals surface area contributed by atoms with E-state index in [0.717, 1.165) is 17.2 Å². The molecule has 0 aliphatic rings. The Kier molecular flexibility index (Phi) is 4.56. The van der Waals surface area contributed by atoms with E-state index in [1.165, 1.54) is 12.1 Å². The highest BCUT2D eigenvalue weighted by Crippen LogP contribution is 2.38. The Balaban J connectivity index is 2.28. The van der Waals surface area contributed by atoms with Crippen LogP contribution in [-0.2, 0) is 12.8 Å². The molecule has 0 amide bonds. The fourth-order valence-corrected chi connectivity index (χ4v) is 1.99. The number of halogens is 3. The van der Waals surface area contributed by atoms with Crippen LogP contribution in [0.1, 0.15) is 36.5 Å². The van der Waals surface area contributed by atoms with Crippen molar-refractivity contribution in [3.8, 4) is 5.75 Å². The van der Waals surface area contributed by atoms with Crippen molar-refractivity contribution in [2.45, 2.75) is 32.5 Å². The summed E-state index contributed by atoms with van der Waals surface area (Å²) in [5.74, 6) is 0.0314. The molecule has 0 heterocycles. The van der Waals surface area contributed by atoms with Gasteiger partial charge in [0.2, 0.25) is 0 Å². The zero-order chi connectivity index (χ0) is 15.5. The standard InChI is InChI=1S/C17H17F3O/c1-12(2)14-8-9-15(17(18,19)20)16(10-14)21-11-13-6-4-3-5-7-13/h3-10,12H,11H2,1-2H3. The minimum absolute atomic E-state index is 0.113. The first-order chi connectivity index (χ1) is 9.88. The second-order valence-electron chi connectivity index (χ2n) is 5.18. The van der Waals surface area contributed by atoms with Crippen molar-refractivity contribution in [1.82, 2.24) is 0 Å². The van der Waals surface area contributed by atoms with Crippen LogP contribution < -0.4 is 4.74 Å². The van der Waals surface area contributed by atoms with Crippen molar-refractivity contribution >= 4 is 0 Å². The molecule has 0 saturated carbocycles. The molecule has 1 nitrogen and oxygen atoms in total. The maximum absolute atomic E-state index is 13.0. The summed E-state index contributed by atoms with van der Waals surface area (Å²) in [5.41, 5.74) is 0.925. The first-order valence-corrected chi connectivity index (χ1v) is 6.76. The first kappa shape index (κ1) is 15.4. The van der Waals surface area contributed by atoms with Crippen LogP contribution in [0.15, 0.2) is 48.5 Å². The number of alkyl halides is 3. The van der Waals surface area contributed by atoms with E-state index in [0.29, 0.717) is 0 Å². The SMILES string of the molecule is CC(C)c1ccc(C(F)(F)F)c(OCc2ccccc2)c1. The van der Waals surface area contributed by atoms with E-state index in [1.807, 2.05) is 44.2 Å². The Morgan fingerprint density at radius 3 is 2.24 bits per heavy atom. The van der Waals surface area contributed by atoms with Crippen molar-refractivity contribution < 1.29 is 17.9 Å². The maximum Gasteiger partial charge on any atom is 0.419 e. The predicted molar refractivity (Wildman–Crippen MR) is 76.3 cm³/mol. The molecule has 0 atom stereocenters. The number of ether oxygens (including phenoxy) is 1. The average Bonchev–Trinajstić information content (AvgIpc) is 2.45. The maximum atomic E-state index is 13.0. The lowest BCUT2D eigenvalue weighted by atomic mass is 10.0. The molecule has 2 rings (SSSR count). The molecule has 0 spiro atoms. The van der Waals surface area contributed by atoms with Gasteiger partial charge in [-0.1, -0.05) is 50.2 Å². The molecule has 0 aromatic heterocycles. The summed E-state index contributed by atoms with van der Waals surface area (Å²) in [4.78, 5) is 0. The molecule has 21 heavy (non-hydrogen) atoms. The van der Waals surface area contributed by atoms with E-state index in [2.05, 4.69) is 0 Å². The zero-order valence-corrected chi connectivity index (χ0v) is 11.9. The van der Waals surface area contributed by atoms with Gasteiger partial charge < -0.3 is 4.74 Å². The summed E-state index contributed by atoms with van der Waals surface area (Å²) in [6, 6.07) is 13.2.